The van der Waals surface area contributed by atoms with Gasteiger partial charge in [0.1, 0.15) is 17.5 Å². The number of nitrogens with zero attached hydrogens (tertiary/aromatic N) is 2. The van der Waals surface area contributed by atoms with Crippen LogP contribution in [0.25, 0.3) is 0 Å². The Morgan fingerprint density at radius 3 is 2.79 bits per heavy atom. The minimum atomic E-state index is 0.660. The molecule has 2 rings (SSSR count). The summed E-state index contributed by atoms with van der Waals surface area (Å²) in [6, 6.07) is 9.85. The smallest absolute Gasteiger partial charge is 0.133 e. The summed E-state index contributed by atoms with van der Waals surface area (Å²) in [7, 11) is 3.51. The fourth-order valence-electron chi connectivity index (χ4n) is 1.82. The summed E-state index contributed by atoms with van der Waals surface area (Å²) in [4.78, 5) is 0. The first-order valence-corrected chi connectivity index (χ1v) is 6.56. The van der Waals surface area contributed by atoms with Crippen LogP contribution in [0.5, 0.6) is 5.75 Å². The highest BCUT2D eigenvalue weighted by atomic mass is 79.9. The Labute approximate surface area is 120 Å². The molecule has 1 N–H and O–H groups in total. The largest absolute Gasteiger partial charge is 0.496 e. The van der Waals surface area contributed by atoms with Gasteiger partial charge in [-0.2, -0.15) is 5.26 Å². The maximum absolute atomic E-state index is 8.90. The summed E-state index contributed by atoms with van der Waals surface area (Å²) in [5.74, 6) is 0.803. The maximum atomic E-state index is 8.90. The number of benzene rings is 1. The normalized spacial score (nSPS) is 10.0. The highest BCUT2D eigenvalue weighted by Crippen LogP contribution is 2.27. The lowest BCUT2D eigenvalue weighted by atomic mass is 10.2. The molecule has 19 heavy (non-hydrogen) atoms. The number of hydrogen-bond acceptors (Lipinski definition) is 3. The highest BCUT2D eigenvalue weighted by Gasteiger charge is 2.04. The van der Waals surface area contributed by atoms with E-state index in [1.54, 1.807) is 7.11 Å². The lowest BCUT2D eigenvalue weighted by Crippen LogP contribution is -1.98. The second-order valence-electron chi connectivity index (χ2n) is 4.16. The van der Waals surface area contributed by atoms with Crippen molar-refractivity contribution in [3.8, 4) is 11.8 Å². The summed E-state index contributed by atoms with van der Waals surface area (Å²) in [6.07, 6.45) is 1.95. The minimum absolute atomic E-state index is 0.660. The van der Waals surface area contributed by atoms with Gasteiger partial charge < -0.3 is 14.6 Å². The molecule has 5 heteroatoms. The number of hydrogen-bond donors (Lipinski definition) is 1. The van der Waals surface area contributed by atoms with Crippen molar-refractivity contribution in [2.24, 2.45) is 7.05 Å². The van der Waals surface area contributed by atoms with E-state index < -0.39 is 0 Å². The summed E-state index contributed by atoms with van der Waals surface area (Å²) in [5.41, 5.74) is 2.73. The van der Waals surface area contributed by atoms with Crippen LogP contribution in [0.1, 0.15) is 11.3 Å². The second-order valence-corrected chi connectivity index (χ2v) is 5.01. The first-order chi connectivity index (χ1) is 9.13. The zero-order chi connectivity index (χ0) is 13.8. The number of aromatic nitrogens is 1. The third-order valence-corrected chi connectivity index (χ3v) is 3.44. The Kier molecular flexibility index (Phi) is 4.13. The van der Waals surface area contributed by atoms with Gasteiger partial charge in [-0.1, -0.05) is 0 Å². The van der Waals surface area contributed by atoms with Crippen LogP contribution >= 0.6 is 15.9 Å². The minimum Gasteiger partial charge on any atom is -0.496 e. The number of nitrogens with one attached hydrogen (secondary N) is 1. The van der Waals surface area contributed by atoms with Gasteiger partial charge in [-0.25, -0.2) is 0 Å². The molecule has 0 unspecified atom stereocenters. The van der Waals surface area contributed by atoms with Crippen LogP contribution in [-0.2, 0) is 13.6 Å². The Bertz CT molecular complexity index is 628. The first-order valence-electron chi connectivity index (χ1n) is 5.77. The molecule has 0 saturated carbocycles. The van der Waals surface area contributed by atoms with E-state index in [4.69, 9.17) is 10.00 Å². The zero-order valence-corrected chi connectivity index (χ0v) is 12.4. The topological polar surface area (TPSA) is 50.0 Å². The van der Waals surface area contributed by atoms with Crippen molar-refractivity contribution in [3.05, 3.63) is 46.2 Å². The molecule has 0 aliphatic rings. The SMILES string of the molecule is COc1ccc(NCc2cc(C#N)n(C)c2)cc1Br. The van der Waals surface area contributed by atoms with Gasteiger partial charge in [-0.05, 0) is 45.8 Å². The van der Waals surface area contributed by atoms with Crippen LogP contribution in [0.2, 0.25) is 0 Å². The van der Waals surface area contributed by atoms with Crippen LogP contribution in [-0.4, -0.2) is 11.7 Å². The predicted molar refractivity (Wildman–Crippen MR) is 78.1 cm³/mol. The van der Waals surface area contributed by atoms with Crippen LogP contribution < -0.4 is 10.1 Å². The molecule has 0 amide bonds. The van der Waals surface area contributed by atoms with Gasteiger partial charge in [0.05, 0.1) is 11.6 Å². The molecule has 1 aromatic heterocycles. The second kappa shape index (κ2) is 5.81. The molecule has 1 heterocycles. The number of aryl methyl sites for hydroxylation is 1. The Morgan fingerprint density at radius 1 is 1.42 bits per heavy atom. The molecule has 98 valence electrons. The number of rotatable bonds is 4. The number of ether oxygens (including phenoxy) is 1. The van der Waals surface area contributed by atoms with Crippen molar-refractivity contribution in [2.75, 3.05) is 12.4 Å². The predicted octanol–water partition coefficient (Wildman–Crippen LogP) is 3.28. The van der Waals surface area contributed by atoms with Crippen LogP contribution in [0, 0.1) is 11.3 Å². The monoisotopic (exact) mass is 319 g/mol. The van der Waals surface area contributed by atoms with Gasteiger partial charge in [0.25, 0.3) is 0 Å². The molecule has 0 aliphatic carbocycles. The molecule has 0 atom stereocenters. The average Bonchev–Trinajstić information content (AvgIpc) is 2.77. The molecule has 0 spiro atoms. The molecule has 2 aromatic rings. The van der Waals surface area contributed by atoms with E-state index in [1.165, 1.54) is 0 Å². The van der Waals surface area contributed by atoms with Gasteiger partial charge in [-0.15, -0.1) is 0 Å². The van der Waals surface area contributed by atoms with E-state index in [2.05, 4.69) is 27.3 Å². The van der Waals surface area contributed by atoms with Crippen molar-refractivity contribution < 1.29 is 4.74 Å². The van der Waals surface area contributed by atoms with Gasteiger partial charge in [0.2, 0.25) is 0 Å². The zero-order valence-electron chi connectivity index (χ0n) is 10.8. The molecule has 0 radical (unpaired) electrons. The highest BCUT2D eigenvalue weighted by molar-refractivity contribution is 9.10. The van der Waals surface area contributed by atoms with Gasteiger partial charge in [0.15, 0.2) is 0 Å². The van der Waals surface area contributed by atoms with E-state index in [9.17, 15) is 0 Å². The average molecular weight is 320 g/mol. The van der Waals surface area contributed by atoms with E-state index in [0.717, 1.165) is 21.5 Å². The number of anilines is 1. The molecule has 0 bridgehead atoms. The number of methoxy groups -OCH3 is 1. The molecular formula is C14H14BrN3O. The van der Waals surface area contributed by atoms with Crippen LogP contribution in [0.3, 0.4) is 0 Å². The van der Waals surface area contributed by atoms with Gasteiger partial charge in [0, 0.05) is 25.5 Å². The number of halogens is 1. The molecule has 0 saturated heterocycles. The fourth-order valence-corrected chi connectivity index (χ4v) is 2.36. The molecule has 1 aromatic carbocycles. The summed E-state index contributed by atoms with van der Waals surface area (Å²) in [6.45, 7) is 0.675. The Balaban J connectivity index is 2.06. The molecule has 4 nitrogen and oxygen atoms in total. The Morgan fingerprint density at radius 2 is 2.21 bits per heavy atom. The fraction of sp³-hybridized carbons (Fsp3) is 0.214. The van der Waals surface area contributed by atoms with E-state index in [0.29, 0.717) is 12.2 Å². The van der Waals surface area contributed by atoms with Crippen molar-refractivity contribution >= 4 is 21.6 Å². The number of nitriles is 1. The molecule has 0 aliphatic heterocycles. The maximum Gasteiger partial charge on any atom is 0.133 e. The summed E-state index contributed by atoms with van der Waals surface area (Å²) >= 11 is 3.45. The lowest BCUT2D eigenvalue weighted by molar-refractivity contribution is 0.412. The molecule has 0 fully saturated rings. The third-order valence-electron chi connectivity index (χ3n) is 2.82. The van der Waals surface area contributed by atoms with Gasteiger partial charge >= 0.3 is 0 Å². The van der Waals surface area contributed by atoms with Crippen LogP contribution in [0.15, 0.2) is 34.9 Å². The van der Waals surface area contributed by atoms with Crippen molar-refractivity contribution in [1.29, 1.82) is 5.26 Å². The van der Waals surface area contributed by atoms with Gasteiger partial charge in [-0.3, -0.25) is 0 Å². The summed E-state index contributed by atoms with van der Waals surface area (Å²) in [5, 5.41) is 12.2. The Hall–Kier alpha value is -1.93. The summed E-state index contributed by atoms with van der Waals surface area (Å²) < 4.78 is 7.91. The van der Waals surface area contributed by atoms with Crippen molar-refractivity contribution in [3.63, 3.8) is 0 Å². The lowest BCUT2D eigenvalue weighted by Gasteiger charge is -2.08. The van der Waals surface area contributed by atoms with Crippen molar-refractivity contribution in [1.82, 2.24) is 4.57 Å². The van der Waals surface area contributed by atoms with E-state index in [-0.39, 0.29) is 0 Å². The quantitative estimate of drug-likeness (QED) is 0.940. The third kappa shape index (κ3) is 3.09. The van der Waals surface area contributed by atoms with Crippen molar-refractivity contribution in [2.45, 2.75) is 6.54 Å². The standard InChI is InChI=1S/C14H14BrN3O/c1-18-9-10(5-12(18)7-16)8-17-11-3-4-14(19-2)13(15)6-11/h3-6,9,17H,8H2,1-2H3. The molecular weight excluding hydrogens is 306 g/mol. The van der Waals surface area contributed by atoms with E-state index in [1.807, 2.05) is 42.1 Å². The van der Waals surface area contributed by atoms with E-state index >= 15 is 0 Å². The first kappa shape index (κ1) is 13.5. The van der Waals surface area contributed by atoms with Crippen LogP contribution in [0.4, 0.5) is 5.69 Å².